The normalized spacial score (nSPS) is 32.0. The fourth-order valence-electron chi connectivity index (χ4n) is 4.65. The van der Waals surface area contributed by atoms with Gasteiger partial charge in [-0.3, -0.25) is 4.79 Å². The van der Waals surface area contributed by atoms with Crippen LogP contribution in [0.3, 0.4) is 0 Å². The lowest BCUT2D eigenvalue weighted by Crippen LogP contribution is -2.48. The second-order valence-electron chi connectivity index (χ2n) is 8.43. The van der Waals surface area contributed by atoms with E-state index in [2.05, 4.69) is 15.6 Å². The largest absolute Gasteiger partial charge is 0.376 e. The minimum absolute atomic E-state index is 0.0273. The van der Waals surface area contributed by atoms with E-state index in [1.54, 1.807) is 19.0 Å². The van der Waals surface area contributed by atoms with E-state index < -0.39 is 0 Å². The molecule has 0 radical (unpaired) electrons. The predicted molar refractivity (Wildman–Crippen MR) is 104 cm³/mol. The van der Waals surface area contributed by atoms with Crippen molar-refractivity contribution in [2.24, 2.45) is 16.8 Å². The average Bonchev–Trinajstić information content (AvgIpc) is 3.12. The molecule has 6 heteroatoms. The van der Waals surface area contributed by atoms with Crippen LogP contribution in [-0.2, 0) is 9.53 Å². The Morgan fingerprint density at radius 3 is 2.69 bits per heavy atom. The highest BCUT2D eigenvalue weighted by atomic mass is 16.5. The van der Waals surface area contributed by atoms with Gasteiger partial charge in [-0.2, -0.15) is 0 Å². The fraction of sp³-hybridized carbons (Fsp3) is 0.900. The first-order valence-corrected chi connectivity index (χ1v) is 10.5. The van der Waals surface area contributed by atoms with E-state index in [4.69, 9.17) is 4.74 Å². The summed E-state index contributed by atoms with van der Waals surface area (Å²) < 4.78 is 5.82. The second kappa shape index (κ2) is 9.58. The number of aliphatic imine (C=N–C) groups is 1. The summed E-state index contributed by atoms with van der Waals surface area (Å²) in [6, 6.07) is 0.474. The van der Waals surface area contributed by atoms with Crippen molar-refractivity contribution in [2.75, 3.05) is 33.8 Å². The highest BCUT2D eigenvalue weighted by Crippen LogP contribution is 2.41. The van der Waals surface area contributed by atoms with E-state index in [0.29, 0.717) is 6.04 Å². The number of carbonyl (C=O) groups is 1. The Morgan fingerprint density at radius 2 is 1.92 bits per heavy atom. The number of guanidine groups is 1. The van der Waals surface area contributed by atoms with Gasteiger partial charge in [-0.05, 0) is 50.4 Å². The number of likely N-dealkylation sites (N-methyl/N-ethyl adjacent to an activating group) is 1. The van der Waals surface area contributed by atoms with Crippen LogP contribution in [0.2, 0.25) is 0 Å². The zero-order chi connectivity index (χ0) is 18.4. The molecular weight excluding hydrogens is 328 g/mol. The van der Waals surface area contributed by atoms with Gasteiger partial charge < -0.3 is 20.3 Å². The Kier molecular flexibility index (Phi) is 7.17. The lowest BCUT2D eigenvalue weighted by molar-refractivity contribution is -0.127. The van der Waals surface area contributed by atoms with Crippen LogP contribution in [0.5, 0.6) is 0 Å². The van der Waals surface area contributed by atoms with Crippen molar-refractivity contribution in [2.45, 2.75) is 69.9 Å². The van der Waals surface area contributed by atoms with Crippen LogP contribution in [0.15, 0.2) is 4.99 Å². The molecular formula is C20H36N4O2. The molecule has 0 bridgehead atoms. The van der Waals surface area contributed by atoms with E-state index >= 15 is 0 Å². The van der Waals surface area contributed by atoms with E-state index in [-0.39, 0.29) is 18.6 Å². The Balaban J connectivity index is 1.54. The van der Waals surface area contributed by atoms with Crippen molar-refractivity contribution in [3.05, 3.63) is 0 Å². The van der Waals surface area contributed by atoms with E-state index in [1.165, 1.54) is 44.9 Å². The standard InChI is InChI=1S/C20H36N4O2/c1-24(2)19(25)14-22-20(21-13-18-8-3-4-11-26-18)23-17-10-9-15-6-5-7-16(15)12-17/h15-18H,3-14H2,1-2H3,(H2,21,22,23). The molecule has 148 valence electrons. The zero-order valence-electron chi connectivity index (χ0n) is 16.5. The molecule has 0 aromatic carbocycles. The molecule has 3 fully saturated rings. The summed E-state index contributed by atoms with van der Waals surface area (Å²) in [5.41, 5.74) is 0. The molecule has 0 aromatic rings. The molecule has 4 unspecified atom stereocenters. The van der Waals surface area contributed by atoms with Crippen molar-refractivity contribution in [3.8, 4) is 0 Å². The van der Waals surface area contributed by atoms with Crippen LogP contribution in [0.4, 0.5) is 0 Å². The number of nitrogens with zero attached hydrogens (tertiary/aromatic N) is 2. The minimum atomic E-state index is 0.0273. The van der Waals surface area contributed by atoms with Crippen molar-refractivity contribution < 1.29 is 9.53 Å². The number of amides is 1. The molecule has 0 spiro atoms. The summed E-state index contributed by atoms with van der Waals surface area (Å²) >= 11 is 0. The predicted octanol–water partition coefficient (Wildman–Crippen LogP) is 2.15. The first kappa shape index (κ1) is 19.5. The fourth-order valence-corrected chi connectivity index (χ4v) is 4.65. The number of rotatable bonds is 5. The molecule has 2 saturated carbocycles. The molecule has 1 heterocycles. The van der Waals surface area contributed by atoms with Gasteiger partial charge in [0.25, 0.3) is 0 Å². The van der Waals surface area contributed by atoms with Crippen LogP contribution >= 0.6 is 0 Å². The van der Waals surface area contributed by atoms with E-state index in [0.717, 1.165) is 43.8 Å². The quantitative estimate of drug-likeness (QED) is 0.579. The third-order valence-electron chi connectivity index (χ3n) is 6.27. The number of ether oxygens (including phenoxy) is 1. The molecule has 4 atom stereocenters. The van der Waals surface area contributed by atoms with Gasteiger partial charge in [0.05, 0.1) is 6.10 Å². The smallest absolute Gasteiger partial charge is 0.243 e. The van der Waals surface area contributed by atoms with Gasteiger partial charge in [-0.15, -0.1) is 0 Å². The molecule has 1 amide bonds. The maximum atomic E-state index is 11.9. The number of hydrogen-bond acceptors (Lipinski definition) is 3. The number of fused-ring (bicyclic) bond motifs is 1. The van der Waals surface area contributed by atoms with Crippen molar-refractivity contribution in [3.63, 3.8) is 0 Å². The summed E-state index contributed by atoms with van der Waals surface area (Å²) in [5, 5.41) is 7.05. The maximum Gasteiger partial charge on any atom is 0.243 e. The number of carbonyl (C=O) groups excluding carboxylic acids is 1. The molecule has 3 aliphatic rings. The topological polar surface area (TPSA) is 66.0 Å². The molecule has 2 aliphatic carbocycles. The van der Waals surface area contributed by atoms with Crippen molar-refractivity contribution >= 4 is 11.9 Å². The third-order valence-corrected chi connectivity index (χ3v) is 6.27. The molecule has 1 aliphatic heterocycles. The number of hydrogen-bond donors (Lipinski definition) is 2. The van der Waals surface area contributed by atoms with Gasteiger partial charge in [0.2, 0.25) is 5.91 Å². The summed E-state index contributed by atoms with van der Waals surface area (Å²) in [4.78, 5) is 18.1. The maximum absolute atomic E-state index is 11.9. The molecule has 1 saturated heterocycles. The van der Waals surface area contributed by atoms with E-state index in [9.17, 15) is 4.79 Å². The molecule has 26 heavy (non-hydrogen) atoms. The first-order valence-electron chi connectivity index (χ1n) is 10.5. The van der Waals surface area contributed by atoms with Gasteiger partial charge >= 0.3 is 0 Å². The van der Waals surface area contributed by atoms with Gasteiger partial charge in [0, 0.05) is 33.3 Å². The summed E-state index contributed by atoms with van der Waals surface area (Å²) in [5.74, 6) is 2.63. The van der Waals surface area contributed by atoms with Crippen LogP contribution < -0.4 is 10.6 Å². The molecule has 0 aromatic heterocycles. The van der Waals surface area contributed by atoms with Crippen LogP contribution in [0.1, 0.15) is 57.8 Å². The lowest BCUT2D eigenvalue weighted by atomic mass is 9.79. The molecule has 3 rings (SSSR count). The Hall–Kier alpha value is -1.30. The number of nitrogens with one attached hydrogen (secondary N) is 2. The Labute approximate surface area is 158 Å². The lowest BCUT2D eigenvalue weighted by Gasteiger charge is -2.33. The van der Waals surface area contributed by atoms with E-state index in [1.807, 2.05) is 0 Å². The van der Waals surface area contributed by atoms with Crippen molar-refractivity contribution in [1.82, 2.24) is 15.5 Å². The Morgan fingerprint density at radius 1 is 1.08 bits per heavy atom. The van der Waals surface area contributed by atoms with Gasteiger partial charge in [-0.1, -0.05) is 19.3 Å². The highest BCUT2D eigenvalue weighted by Gasteiger charge is 2.34. The molecule has 6 nitrogen and oxygen atoms in total. The average molecular weight is 365 g/mol. The molecule has 2 N–H and O–H groups in total. The van der Waals surface area contributed by atoms with Gasteiger partial charge in [-0.25, -0.2) is 4.99 Å². The van der Waals surface area contributed by atoms with Gasteiger partial charge in [0.15, 0.2) is 5.96 Å². The van der Waals surface area contributed by atoms with Crippen LogP contribution in [0.25, 0.3) is 0 Å². The Bertz CT molecular complexity index is 488. The third kappa shape index (κ3) is 5.60. The first-order chi connectivity index (χ1) is 12.6. The zero-order valence-corrected chi connectivity index (χ0v) is 16.5. The summed E-state index contributed by atoms with van der Waals surface area (Å²) in [6.07, 6.45) is 11.8. The minimum Gasteiger partial charge on any atom is -0.376 e. The summed E-state index contributed by atoms with van der Waals surface area (Å²) in [6.45, 7) is 1.81. The monoisotopic (exact) mass is 364 g/mol. The van der Waals surface area contributed by atoms with Crippen molar-refractivity contribution in [1.29, 1.82) is 0 Å². The van der Waals surface area contributed by atoms with Gasteiger partial charge in [0.1, 0.15) is 6.54 Å². The summed E-state index contributed by atoms with van der Waals surface area (Å²) in [7, 11) is 3.55. The van der Waals surface area contributed by atoms with Crippen LogP contribution in [-0.4, -0.2) is 62.7 Å². The SMILES string of the molecule is CN(C)C(=O)CN=C(NCC1CCCCO1)NC1CCC2CCCC2C1. The highest BCUT2D eigenvalue weighted by molar-refractivity contribution is 5.84. The van der Waals surface area contributed by atoms with Crippen LogP contribution in [0, 0.1) is 11.8 Å². The second-order valence-corrected chi connectivity index (χ2v) is 8.43.